The molecule has 2 aromatic rings. The topological polar surface area (TPSA) is 30.3 Å². The van der Waals surface area contributed by atoms with Crippen molar-refractivity contribution in [2.75, 3.05) is 20.1 Å². The van der Waals surface area contributed by atoms with E-state index in [0.29, 0.717) is 5.92 Å². The Morgan fingerprint density at radius 2 is 1.62 bits per heavy atom. The van der Waals surface area contributed by atoms with E-state index in [1.54, 1.807) is 6.07 Å². The summed E-state index contributed by atoms with van der Waals surface area (Å²) in [5, 5.41) is 6.43. The fourth-order valence-electron chi connectivity index (χ4n) is 5.33. The average molecular weight is 556 g/mol. The second-order valence-corrected chi connectivity index (χ2v) is 22.7. The number of alkyl halides is 2. The number of likely N-dealkylation sites (tertiary alicyclic amines) is 1. The maximum absolute atomic E-state index is 13.0. The predicted octanol–water partition coefficient (Wildman–Crippen LogP) is 6.26. The summed E-state index contributed by atoms with van der Waals surface area (Å²) in [5.41, 5.74) is 1.10. The van der Waals surface area contributed by atoms with Gasteiger partial charge in [0.15, 0.2) is 0 Å². The quantitative estimate of drug-likeness (QED) is 0.258. The number of fused-ring (bicyclic) bond motifs is 1. The van der Waals surface area contributed by atoms with Crippen molar-refractivity contribution in [1.29, 1.82) is 0 Å². The van der Waals surface area contributed by atoms with Gasteiger partial charge in [-0.3, -0.25) is 0 Å². The van der Waals surface area contributed by atoms with Gasteiger partial charge in [0, 0.05) is 0 Å². The summed E-state index contributed by atoms with van der Waals surface area (Å²) < 4.78 is 38.2. The molecule has 1 fully saturated rings. The summed E-state index contributed by atoms with van der Waals surface area (Å²) in [6.07, 6.45) is 7.34. The van der Waals surface area contributed by atoms with Gasteiger partial charge in [0.25, 0.3) is 0 Å². The molecule has 0 aliphatic carbocycles. The Kier molecular flexibility index (Phi) is 9.65. The second-order valence-electron chi connectivity index (χ2n) is 9.77. The van der Waals surface area contributed by atoms with Crippen molar-refractivity contribution in [3.63, 3.8) is 0 Å². The minimum absolute atomic E-state index is 0.262. The first-order valence-electron chi connectivity index (χ1n) is 12.6. The van der Waals surface area contributed by atoms with Crippen LogP contribution in [0.3, 0.4) is 0 Å². The first-order chi connectivity index (χ1) is 15.4. The van der Waals surface area contributed by atoms with Crippen molar-refractivity contribution < 1.29 is 13.5 Å². The second kappa shape index (κ2) is 12.0. The third kappa shape index (κ3) is 6.16. The number of nitrogens with zero attached hydrogens (tertiary/aromatic N) is 3. The van der Waals surface area contributed by atoms with Gasteiger partial charge in [-0.1, -0.05) is 0 Å². The van der Waals surface area contributed by atoms with Crippen LogP contribution in [0.5, 0.6) is 5.75 Å². The van der Waals surface area contributed by atoms with Crippen molar-refractivity contribution in [3.05, 3.63) is 18.2 Å². The molecule has 0 bridgehead atoms. The first kappa shape index (κ1) is 25.7. The molecule has 1 aromatic heterocycles. The number of rotatable bonds is 14. The summed E-state index contributed by atoms with van der Waals surface area (Å²) in [7, 11) is 2.15. The molecule has 180 valence electrons. The molecule has 0 amide bonds. The maximum atomic E-state index is 13.0. The van der Waals surface area contributed by atoms with Gasteiger partial charge in [-0.2, -0.15) is 0 Å². The van der Waals surface area contributed by atoms with Gasteiger partial charge < -0.3 is 0 Å². The Morgan fingerprint density at radius 3 is 2.12 bits per heavy atom. The summed E-state index contributed by atoms with van der Waals surface area (Å²) in [4.78, 5) is 2.33. The molecular formula is C25H41F2N3OSn. The molecule has 0 atom stereocenters. The van der Waals surface area contributed by atoms with E-state index < -0.39 is 25.0 Å². The van der Waals surface area contributed by atoms with Crippen LogP contribution in [0.25, 0.3) is 10.9 Å². The van der Waals surface area contributed by atoms with E-state index in [0.717, 1.165) is 30.5 Å². The monoisotopic (exact) mass is 557 g/mol. The van der Waals surface area contributed by atoms with E-state index in [4.69, 9.17) is 9.84 Å². The minimum atomic E-state index is -2.84. The van der Waals surface area contributed by atoms with E-state index in [2.05, 4.69) is 37.4 Å². The number of halogens is 2. The van der Waals surface area contributed by atoms with Gasteiger partial charge in [-0.05, 0) is 0 Å². The molecule has 1 aromatic carbocycles. The van der Waals surface area contributed by atoms with Crippen LogP contribution >= 0.6 is 0 Å². The van der Waals surface area contributed by atoms with Crippen LogP contribution < -0.4 is 8.45 Å². The molecule has 0 N–H and O–H groups in total. The Hall–Kier alpha value is -0.891. The fraction of sp³-hybridized carbons (Fsp3) is 0.720. The van der Waals surface area contributed by atoms with Crippen molar-refractivity contribution in [1.82, 2.24) is 14.7 Å². The standard InChI is InChI=1S/C13H14F2N3O.3C4H9.Sn/c1-17-6-9(7-17)8-18-12-3-2-11(19-13(14)15)4-10(12)5-16-18;3*1-3-4-2;/h2-4,9,13H,6-8H2,1H3;3*1,3-4H2,2H3;. The van der Waals surface area contributed by atoms with E-state index >= 15 is 0 Å². The summed E-state index contributed by atoms with van der Waals surface area (Å²) >= 11 is -2.84. The zero-order chi connectivity index (χ0) is 23.1. The zero-order valence-corrected chi connectivity index (χ0v) is 23.2. The first-order valence-corrected chi connectivity index (χ1v) is 20.0. The molecule has 7 heteroatoms. The number of unbranched alkanes of at least 4 members (excludes halogenated alkanes) is 3. The van der Waals surface area contributed by atoms with Gasteiger partial charge in [-0.15, -0.1) is 0 Å². The Balaban J connectivity index is 2.10. The molecule has 1 aliphatic rings. The molecule has 0 saturated carbocycles. The Bertz CT molecular complexity index is 829. The fourth-order valence-corrected chi connectivity index (χ4v) is 21.5. The van der Waals surface area contributed by atoms with Crippen LogP contribution in [0.2, 0.25) is 13.3 Å². The third-order valence-corrected chi connectivity index (χ3v) is 22.2. The van der Waals surface area contributed by atoms with Gasteiger partial charge in [0.2, 0.25) is 0 Å². The van der Waals surface area contributed by atoms with E-state index in [9.17, 15) is 8.78 Å². The van der Waals surface area contributed by atoms with Crippen molar-refractivity contribution in [3.8, 4) is 5.75 Å². The number of hydrogen-bond acceptors (Lipinski definition) is 3. The summed E-state index contributed by atoms with van der Waals surface area (Å²) in [6.45, 7) is 7.12. The van der Waals surface area contributed by atoms with Crippen LogP contribution in [0.15, 0.2) is 18.2 Å². The van der Waals surface area contributed by atoms with Crippen LogP contribution in [0.4, 0.5) is 8.78 Å². The molecule has 32 heavy (non-hydrogen) atoms. The number of ether oxygens (including phenoxy) is 1. The SMILES string of the molecule is CCC[CH2][Sn]([CH2]CCC)([CH2]CCC)[c]1nn(CC2CN(C)C2)c2ccc(OC(F)F)cc12. The average Bonchev–Trinajstić information content (AvgIpc) is 3.10. The van der Waals surface area contributed by atoms with Crippen LogP contribution in [-0.2, 0) is 6.54 Å². The Morgan fingerprint density at radius 1 is 1.03 bits per heavy atom. The molecule has 1 saturated heterocycles. The molecular weight excluding hydrogens is 515 g/mol. The Labute approximate surface area is 196 Å². The molecule has 0 spiro atoms. The molecule has 0 unspecified atom stereocenters. The molecule has 0 radical (unpaired) electrons. The van der Waals surface area contributed by atoms with Crippen molar-refractivity contribution >= 4 is 33.0 Å². The molecule has 1 aliphatic heterocycles. The van der Waals surface area contributed by atoms with E-state index in [1.165, 1.54) is 55.5 Å². The van der Waals surface area contributed by atoms with E-state index in [-0.39, 0.29) is 5.75 Å². The van der Waals surface area contributed by atoms with Crippen LogP contribution in [0.1, 0.15) is 59.3 Å². The van der Waals surface area contributed by atoms with E-state index in [1.807, 2.05) is 12.1 Å². The van der Waals surface area contributed by atoms with Gasteiger partial charge in [-0.25, -0.2) is 0 Å². The number of aromatic nitrogens is 2. The normalized spacial score (nSPS) is 15.6. The number of hydrogen-bond donors (Lipinski definition) is 0. The number of benzene rings is 1. The van der Waals surface area contributed by atoms with Crippen molar-refractivity contribution in [2.24, 2.45) is 5.92 Å². The third-order valence-electron chi connectivity index (χ3n) is 7.05. The van der Waals surface area contributed by atoms with Crippen LogP contribution in [-0.4, -0.2) is 59.8 Å². The van der Waals surface area contributed by atoms with Crippen LogP contribution in [0, 0.1) is 5.92 Å². The summed E-state index contributed by atoms with van der Waals surface area (Å²) in [6, 6.07) is 5.51. The molecule has 3 rings (SSSR count). The zero-order valence-electron chi connectivity index (χ0n) is 20.4. The molecule has 4 nitrogen and oxygen atoms in total. The summed E-state index contributed by atoms with van der Waals surface area (Å²) in [5.74, 6) is 0.873. The van der Waals surface area contributed by atoms with Gasteiger partial charge >= 0.3 is 197 Å². The molecule has 2 heterocycles. The van der Waals surface area contributed by atoms with Gasteiger partial charge in [0.1, 0.15) is 0 Å². The predicted molar refractivity (Wildman–Crippen MR) is 132 cm³/mol. The van der Waals surface area contributed by atoms with Crippen molar-refractivity contribution in [2.45, 2.75) is 85.8 Å². The van der Waals surface area contributed by atoms with Gasteiger partial charge in [0.05, 0.1) is 0 Å².